The van der Waals surface area contributed by atoms with Gasteiger partial charge in [0, 0.05) is 105 Å². The summed E-state index contributed by atoms with van der Waals surface area (Å²) in [5.41, 5.74) is 0.721. The Hall–Kier alpha value is -6.03. The SMILES string of the molecule is CCC(CO)OC(CO)OC.CCC(CO)OC(COC(=O)NCCC(=O)N1CCCC1C(=O)O[C@@H](c1ccccc1)C(C)CC(=O)[C@H](C)[C@@H](C)[C@@H]1CCCN1C(=O)C[C@@H](OC)[C@H]([C@@H](C)CC)N(C)C(=O)C(CC(=O)[C@H](C(C)C)N(C)C)C(C)C)OC.CCC(CO)OC(COC(=O)NCCC(=O)O)OC. The molecule has 2 saturated heterocycles. The summed E-state index contributed by atoms with van der Waals surface area (Å²) < 4.78 is 53.3. The lowest BCUT2D eigenvalue weighted by Gasteiger charge is -2.41. The maximum Gasteiger partial charge on any atom is 0.407 e. The molecule has 2 aliphatic rings. The number of likely N-dealkylation sites (tertiary alicyclic amines) is 2. The van der Waals surface area contributed by atoms with Crippen LogP contribution in [-0.2, 0) is 80.9 Å². The number of hydrogen-bond donors (Lipinski definition) is 7. The topological polar surface area (TPSA) is 384 Å². The van der Waals surface area contributed by atoms with Crippen molar-refractivity contribution in [3.8, 4) is 0 Å². The number of aliphatic hydroxyl groups excluding tert-OH is 4. The molecule has 2 aliphatic heterocycles. The third-order valence-corrected chi connectivity index (χ3v) is 19.8. The van der Waals surface area contributed by atoms with Crippen LogP contribution in [0.5, 0.6) is 0 Å². The van der Waals surface area contributed by atoms with Gasteiger partial charge in [-0.05, 0) is 88.3 Å². The minimum Gasteiger partial charge on any atom is -0.481 e. The molecule has 0 spiro atoms. The van der Waals surface area contributed by atoms with Gasteiger partial charge < -0.3 is 98.2 Å². The minimum absolute atomic E-state index is 0.0130. The molecule has 7 N–H and O–H groups in total. The van der Waals surface area contributed by atoms with E-state index in [1.165, 1.54) is 26.2 Å². The van der Waals surface area contributed by atoms with Gasteiger partial charge >= 0.3 is 24.1 Å². The lowest BCUT2D eigenvalue weighted by Crippen LogP contribution is -2.53. The molecule has 2 heterocycles. The number of aliphatic hydroxyl groups is 4. The number of esters is 1. The molecule has 1 aromatic rings. The van der Waals surface area contributed by atoms with E-state index in [0.29, 0.717) is 45.2 Å². The van der Waals surface area contributed by atoms with Gasteiger partial charge in [0.1, 0.15) is 31.1 Å². The van der Waals surface area contributed by atoms with E-state index in [1.807, 2.05) is 123 Å². The Labute approximate surface area is 630 Å². The van der Waals surface area contributed by atoms with Gasteiger partial charge in [0.15, 0.2) is 24.7 Å². The normalized spacial score (nSPS) is 18.7. The van der Waals surface area contributed by atoms with E-state index in [0.717, 1.165) is 24.8 Å². The van der Waals surface area contributed by atoms with Crippen LogP contribution in [0, 0.1) is 41.4 Å². The zero-order chi connectivity index (χ0) is 80.3. The average molecular weight is 1520 g/mol. The first-order chi connectivity index (χ1) is 50.3. The number of nitrogens with zero attached hydrogens (tertiary/aromatic N) is 4. The van der Waals surface area contributed by atoms with Crippen molar-refractivity contribution < 1.29 is 116 Å². The van der Waals surface area contributed by atoms with Crippen molar-refractivity contribution >= 4 is 53.4 Å². The van der Waals surface area contributed by atoms with Gasteiger partial charge in [-0.1, -0.05) is 120 Å². The van der Waals surface area contributed by atoms with E-state index in [1.54, 1.807) is 19.1 Å². The fourth-order valence-corrected chi connectivity index (χ4v) is 13.1. The minimum atomic E-state index is -1.01. The molecule has 0 bridgehead atoms. The number of ether oxygens (including phenoxy) is 10. The average Bonchev–Trinajstić information content (AvgIpc) is 1.22. The third kappa shape index (κ3) is 34.3. The van der Waals surface area contributed by atoms with E-state index in [-0.39, 0.29) is 162 Å². The first-order valence-electron chi connectivity index (χ1n) is 37.7. The molecule has 0 aliphatic carbocycles. The van der Waals surface area contributed by atoms with Crippen molar-refractivity contribution in [2.45, 2.75) is 240 Å². The monoisotopic (exact) mass is 1510 g/mol. The Balaban J connectivity index is 0.00000154. The van der Waals surface area contributed by atoms with Crippen LogP contribution in [0.4, 0.5) is 9.59 Å². The lowest BCUT2D eigenvalue weighted by molar-refractivity contribution is -0.181. The van der Waals surface area contributed by atoms with Crippen LogP contribution < -0.4 is 10.6 Å². The molecular weight excluding hydrogens is 1380 g/mol. The molecule has 2 fully saturated rings. The smallest absolute Gasteiger partial charge is 0.407 e. The van der Waals surface area contributed by atoms with Crippen molar-refractivity contribution in [2.24, 2.45) is 41.4 Å². The predicted molar refractivity (Wildman–Crippen MR) is 395 cm³/mol. The number of likely N-dealkylation sites (N-methyl/N-ethyl adjacent to an activating group) is 2. The number of ketones is 2. The van der Waals surface area contributed by atoms with Crippen LogP contribution in [0.3, 0.4) is 0 Å². The number of aliphatic carboxylic acids is 1. The summed E-state index contributed by atoms with van der Waals surface area (Å²) in [4.78, 5) is 125. The molecule has 9 unspecified atom stereocenters. The van der Waals surface area contributed by atoms with Gasteiger partial charge in [-0.25, -0.2) is 14.4 Å². The maximum absolute atomic E-state index is 14.5. The Morgan fingerprint density at radius 1 is 0.566 bits per heavy atom. The zero-order valence-electron chi connectivity index (χ0n) is 66.9. The Morgan fingerprint density at radius 2 is 1.07 bits per heavy atom. The molecule has 5 amide bonds. The van der Waals surface area contributed by atoms with Gasteiger partial charge in [-0.15, -0.1) is 0 Å². The zero-order valence-corrected chi connectivity index (χ0v) is 66.9. The van der Waals surface area contributed by atoms with Gasteiger partial charge in [-0.3, -0.25) is 33.7 Å². The lowest BCUT2D eigenvalue weighted by atomic mass is 9.80. The Morgan fingerprint density at radius 3 is 1.51 bits per heavy atom. The van der Waals surface area contributed by atoms with E-state index >= 15 is 0 Å². The van der Waals surface area contributed by atoms with Crippen molar-refractivity contribution in [2.75, 3.05) is 115 Å². The number of benzene rings is 1. The second-order valence-electron chi connectivity index (χ2n) is 28.3. The number of carboxylic acids is 1. The second kappa shape index (κ2) is 53.7. The van der Waals surface area contributed by atoms with Crippen LogP contribution in [0.15, 0.2) is 30.3 Å². The van der Waals surface area contributed by atoms with Crippen LogP contribution >= 0.6 is 0 Å². The number of hydrogen-bond acceptors (Lipinski definition) is 24. The summed E-state index contributed by atoms with van der Waals surface area (Å²) in [6, 6.07) is 7.48. The summed E-state index contributed by atoms with van der Waals surface area (Å²) in [5.74, 6) is -3.75. The predicted octanol–water partition coefficient (Wildman–Crippen LogP) is 6.78. The molecule has 0 aromatic heterocycles. The number of amides is 5. The van der Waals surface area contributed by atoms with Crippen molar-refractivity contribution in [3.05, 3.63) is 35.9 Å². The standard InChI is InChI=1S/C58H97N5O13.C11H21NO7.C7H16O4/c1-16-38(7)54(61(13)56(69)44(36(3)4)32-48(66)53(37(5)6)60(11)12)49(72-14)33-51(68)62-29-21-25-45(62)40(9)41(10)47(65)31-39(8)55(42-23-19-18-20-24-42)76-57(70)46-26-22-30-63(46)50(67)27-28-59-58(71)74-35-52(73-15)75-43(17-2)34-64;1-3-8(6-13)19-10(17-2)7-18-11(16)12-5-4-9(14)15;1-3-6(4-8)11-7(5-9)10-2/h18-20,23-24,36-41,43-46,49,52-55,64H,16-17,21-22,25-35H2,1-15H3,(H,59,71);8,10,13H,3-7H2,1-2H3,(H,12,16)(H,14,15);6-9H,3-5H2,1-2H3/t38-,39?,40+,41+,43?,44?,45-,46?,49+,52?,53-,54-,55+;;/m0../s1. The van der Waals surface area contributed by atoms with Gasteiger partial charge in [0.05, 0.1) is 75.8 Å². The van der Waals surface area contributed by atoms with Crippen LogP contribution in [0.2, 0.25) is 0 Å². The van der Waals surface area contributed by atoms with Crippen LogP contribution in [0.25, 0.3) is 0 Å². The van der Waals surface area contributed by atoms with E-state index in [9.17, 15) is 48.3 Å². The summed E-state index contributed by atoms with van der Waals surface area (Å²) in [7, 11) is 11.4. The number of methoxy groups -OCH3 is 4. The molecule has 0 radical (unpaired) electrons. The number of alkyl carbamates (subject to hydrolysis) is 2. The molecular formula is C76H134N6O24. The highest BCUT2D eigenvalue weighted by molar-refractivity contribution is 5.90. The van der Waals surface area contributed by atoms with E-state index in [4.69, 9.17) is 67.8 Å². The number of rotatable bonds is 49. The molecule has 0 saturated carbocycles. The molecule has 30 heteroatoms. The Kier molecular flexibility index (Phi) is 49.7. The maximum atomic E-state index is 14.5. The number of nitrogens with one attached hydrogen (secondary N) is 2. The first-order valence-corrected chi connectivity index (χ1v) is 37.7. The quantitative estimate of drug-likeness (QED) is 0.0201. The number of Topliss-reactive ketones (excluding diaryl/α,β-unsaturated/α-hetero) is 2. The van der Waals surface area contributed by atoms with E-state index in [2.05, 4.69) is 24.5 Å². The van der Waals surface area contributed by atoms with Gasteiger partial charge in [0.25, 0.3) is 0 Å². The molecule has 30 nitrogen and oxygen atoms in total. The molecule has 612 valence electrons. The highest BCUT2D eigenvalue weighted by Gasteiger charge is 2.44. The number of carbonyl (C=O) groups is 9. The summed E-state index contributed by atoms with van der Waals surface area (Å²) in [6.45, 7) is 23.4. The van der Waals surface area contributed by atoms with Crippen molar-refractivity contribution in [3.63, 3.8) is 0 Å². The van der Waals surface area contributed by atoms with Crippen molar-refractivity contribution in [1.29, 1.82) is 0 Å². The summed E-state index contributed by atoms with van der Waals surface area (Å²) in [5, 5.41) is 48.9. The molecule has 17 atom stereocenters. The molecule has 106 heavy (non-hydrogen) atoms. The van der Waals surface area contributed by atoms with Crippen LogP contribution in [0.1, 0.15) is 178 Å². The summed E-state index contributed by atoms with van der Waals surface area (Å²) in [6.07, 6.45) is -1.19. The number of carboxylic acid groups (broad SMARTS) is 1. The number of carbonyl (C=O) groups excluding carboxylic acids is 8. The first kappa shape index (κ1) is 98.0. The highest BCUT2D eigenvalue weighted by Crippen LogP contribution is 2.36. The third-order valence-electron chi connectivity index (χ3n) is 19.8. The summed E-state index contributed by atoms with van der Waals surface area (Å²) >= 11 is 0. The fraction of sp³-hybridized carbons (Fsp3) is 0.803. The largest absolute Gasteiger partial charge is 0.481 e. The van der Waals surface area contributed by atoms with Crippen molar-refractivity contribution in [1.82, 2.24) is 30.2 Å². The van der Waals surface area contributed by atoms with Gasteiger partial charge in [0.2, 0.25) is 17.7 Å². The van der Waals surface area contributed by atoms with Gasteiger partial charge in [-0.2, -0.15) is 0 Å². The molecule has 1 aromatic carbocycles. The van der Waals surface area contributed by atoms with Crippen LogP contribution in [-0.4, -0.2) is 281 Å². The Bertz CT molecular complexity index is 2650. The highest BCUT2D eigenvalue weighted by atomic mass is 16.7. The fourth-order valence-electron chi connectivity index (χ4n) is 13.1. The second-order valence-corrected chi connectivity index (χ2v) is 28.3. The molecule has 3 rings (SSSR count). The van der Waals surface area contributed by atoms with E-state index < -0.39 is 91.1 Å².